The van der Waals surface area contributed by atoms with Crippen molar-refractivity contribution in [2.45, 2.75) is 88.9 Å². The van der Waals surface area contributed by atoms with Gasteiger partial charge in [0.2, 0.25) is 0 Å². The Morgan fingerprint density at radius 3 is 2.50 bits per heavy atom. The van der Waals surface area contributed by atoms with Gasteiger partial charge in [-0.2, -0.15) is 10.2 Å². The van der Waals surface area contributed by atoms with Crippen molar-refractivity contribution in [1.82, 2.24) is 10.2 Å². The summed E-state index contributed by atoms with van der Waals surface area (Å²) >= 11 is 0. The molecule has 4 saturated carbocycles. The summed E-state index contributed by atoms with van der Waals surface area (Å²) in [6.07, 6.45) is 11.2. The normalized spacial score (nSPS) is 53.2. The summed E-state index contributed by atoms with van der Waals surface area (Å²) in [5, 5.41) is 42.1. The predicted molar refractivity (Wildman–Crippen MR) is 105 cm³/mol. The van der Waals surface area contributed by atoms with Gasteiger partial charge in [0.05, 0.1) is 23.5 Å². The molecular formula is C23H34N2O3. The van der Waals surface area contributed by atoms with Gasteiger partial charge in [0.15, 0.2) is 0 Å². The molecule has 4 fully saturated rings. The van der Waals surface area contributed by atoms with Crippen LogP contribution in [-0.2, 0) is 5.60 Å². The monoisotopic (exact) mass is 386 g/mol. The molecule has 1 heterocycles. The van der Waals surface area contributed by atoms with Crippen molar-refractivity contribution < 1.29 is 15.3 Å². The number of hydrogen-bond donors (Lipinski definition) is 3. The zero-order valence-electron chi connectivity index (χ0n) is 17.1. The third-order valence-electron chi connectivity index (χ3n) is 10.0. The summed E-state index contributed by atoms with van der Waals surface area (Å²) in [6, 6.07) is 1.86. The van der Waals surface area contributed by atoms with E-state index in [1.54, 1.807) is 12.4 Å². The van der Waals surface area contributed by atoms with Crippen LogP contribution in [0.2, 0.25) is 0 Å². The summed E-state index contributed by atoms with van der Waals surface area (Å²) in [4.78, 5) is 0. The van der Waals surface area contributed by atoms with Crippen LogP contribution < -0.4 is 0 Å². The first kappa shape index (κ1) is 19.0. The zero-order valence-corrected chi connectivity index (χ0v) is 17.1. The fraction of sp³-hybridized carbons (Fsp3) is 0.826. The smallest absolute Gasteiger partial charge is 0.0994 e. The minimum atomic E-state index is -1.05. The lowest BCUT2D eigenvalue weighted by Crippen LogP contribution is -2.64. The van der Waals surface area contributed by atoms with E-state index in [0.717, 1.165) is 50.5 Å². The standard InChI is InChI=1S/C23H34N2O3/c1-20-8-5-17(26)13-15(20)3-4-19-18(20)6-9-21(2)22(27,10-11-23(19,21)28)16-7-12-24-25-14-16/h7,12,14-15,17-19,26-28H,3-6,8-11,13H2,1-2H3/t15-,17+,18+,19-,20+,21-,22-,23+/m1/s1. The molecule has 5 nitrogen and oxygen atoms in total. The van der Waals surface area contributed by atoms with Crippen molar-refractivity contribution in [3.8, 4) is 0 Å². The van der Waals surface area contributed by atoms with Gasteiger partial charge in [-0.05, 0) is 87.0 Å². The Bertz CT molecular complexity index is 759. The Morgan fingerprint density at radius 1 is 0.929 bits per heavy atom. The van der Waals surface area contributed by atoms with E-state index in [0.29, 0.717) is 24.7 Å². The number of hydrogen-bond acceptors (Lipinski definition) is 5. The molecule has 4 aliphatic rings. The molecule has 3 N–H and O–H groups in total. The topological polar surface area (TPSA) is 86.5 Å². The Morgan fingerprint density at radius 2 is 1.75 bits per heavy atom. The maximum Gasteiger partial charge on any atom is 0.0994 e. The Labute approximate surface area is 167 Å². The molecule has 154 valence electrons. The molecule has 0 radical (unpaired) electrons. The van der Waals surface area contributed by atoms with Crippen LogP contribution in [0.1, 0.15) is 77.2 Å². The van der Waals surface area contributed by atoms with Crippen LogP contribution in [0.15, 0.2) is 18.5 Å². The number of aliphatic hydroxyl groups is 3. The highest BCUT2D eigenvalue weighted by Crippen LogP contribution is 2.71. The summed E-state index contributed by atoms with van der Waals surface area (Å²) in [6.45, 7) is 4.52. The van der Waals surface area contributed by atoms with Crippen LogP contribution in [0.5, 0.6) is 0 Å². The molecule has 1 aromatic heterocycles. The largest absolute Gasteiger partial charge is 0.393 e. The van der Waals surface area contributed by atoms with E-state index < -0.39 is 16.6 Å². The van der Waals surface area contributed by atoms with Gasteiger partial charge in [-0.25, -0.2) is 0 Å². The van der Waals surface area contributed by atoms with Gasteiger partial charge in [0, 0.05) is 17.2 Å². The molecular weight excluding hydrogens is 352 g/mol. The van der Waals surface area contributed by atoms with E-state index in [1.165, 1.54) is 0 Å². The van der Waals surface area contributed by atoms with Gasteiger partial charge in [-0.15, -0.1) is 0 Å². The molecule has 28 heavy (non-hydrogen) atoms. The fourth-order valence-corrected chi connectivity index (χ4v) is 8.22. The van der Waals surface area contributed by atoms with E-state index in [4.69, 9.17) is 0 Å². The zero-order chi connectivity index (χ0) is 19.8. The summed E-state index contributed by atoms with van der Waals surface area (Å²) < 4.78 is 0. The predicted octanol–water partition coefficient (Wildman–Crippen LogP) is 3.18. The van der Waals surface area contributed by atoms with Crippen molar-refractivity contribution in [1.29, 1.82) is 0 Å². The number of aromatic nitrogens is 2. The molecule has 1 aromatic rings. The first-order chi connectivity index (χ1) is 13.2. The minimum Gasteiger partial charge on any atom is -0.393 e. The highest BCUT2D eigenvalue weighted by molar-refractivity contribution is 5.30. The van der Waals surface area contributed by atoms with Gasteiger partial charge in [0.1, 0.15) is 0 Å². The van der Waals surface area contributed by atoms with Crippen LogP contribution in [0.4, 0.5) is 0 Å². The lowest BCUT2D eigenvalue weighted by atomic mass is 9.43. The van der Waals surface area contributed by atoms with Gasteiger partial charge < -0.3 is 15.3 Å². The minimum absolute atomic E-state index is 0.151. The van der Waals surface area contributed by atoms with Crippen LogP contribution in [0.25, 0.3) is 0 Å². The third kappa shape index (κ3) is 2.19. The first-order valence-corrected chi connectivity index (χ1v) is 11.1. The van der Waals surface area contributed by atoms with Crippen LogP contribution >= 0.6 is 0 Å². The second-order valence-electron chi connectivity index (χ2n) is 10.7. The lowest BCUT2D eigenvalue weighted by molar-refractivity contribution is -0.238. The van der Waals surface area contributed by atoms with Gasteiger partial charge in [-0.3, -0.25) is 0 Å². The molecule has 0 amide bonds. The number of nitrogens with zero attached hydrogens (tertiary/aromatic N) is 2. The molecule has 0 unspecified atom stereocenters. The molecule has 0 saturated heterocycles. The van der Waals surface area contributed by atoms with Gasteiger partial charge in [0.25, 0.3) is 0 Å². The maximum absolute atomic E-state index is 12.2. The summed E-state index contributed by atoms with van der Waals surface area (Å²) in [7, 11) is 0. The van der Waals surface area contributed by atoms with Crippen molar-refractivity contribution in [3.05, 3.63) is 24.0 Å². The van der Waals surface area contributed by atoms with Crippen molar-refractivity contribution >= 4 is 0 Å². The lowest BCUT2D eigenvalue weighted by Gasteiger charge is -2.64. The SMILES string of the molecule is C[C@]12CC[C@H](O)C[C@H]1CC[C@@H]1[C@@H]2CC[C@]2(C)[C@](O)(c3ccnnc3)CC[C@]12O. The van der Waals surface area contributed by atoms with Crippen LogP contribution in [0, 0.1) is 28.6 Å². The number of aliphatic hydroxyl groups excluding tert-OH is 1. The number of fused-ring (bicyclic) bond motifs is 5. The van der Waals surface area contributed by atoms with Crippen molar-refractivity contribution in [3.63, 3.8) is 0 Å². The fourth-order valence-electron chi connectivity index (χ4n) is 8.22. The Kier molecular flexibility index (Phi) is 4.06. The van der Waals surface area contributed by atoms with E-state index in [-0.39, 0.29) is 17.4 Å². The molecule has 0 aromatic carbocycles. The molecule has 8 atom stereocenters. The van der Waals surface area contributed by atoms with E-state index >= 15 is 0 Å². The molecule has 0 spiro atoms. The Balaban J connectivity index is 1.52. The van der Waals surface area contributed by atoms with E-state index in [9.17, 15) is 15.3 Å². The molecule has 5 heteroatoms. The number of rotatable bonds is 1. The summed E-state index contributed by atoms with van der Waals surface area (Å²) in [5.74, 6) is 1.27. The highest BCUT2D eigenvalue weighted by Gasteiger charge is 2.72. The van der Waals surface area contributed by atoms with Crippen molar-refractivity contribution in [2.75, 3.05) is 0 Å². The molecule has 0 aliphatic heterocycles. The average molecular weight is 387 g/mol. The summed E-state index contributed by atoms with van der Waals surface area (Å²) in [5.41, 5.74) is -1.47. The quantitative estimate of drug-likeness (QED) is 0.690. The average Bonchev–Trinajstić information content (AvgIpc) is 2.91. The maximum atomic E-state index is 12.2. The van der Waals surface area contributed by atoms with Crippen molar-refractivity contribution in [2.24, 2.45) is 28.6 Å². The third-order valence-corrected chi connectivity index (χ3v) is 10.0. The van der Waals surface area contributed by atoms with Gasteiger partial charge >= 0.3 is 0 Å². The second-order valence-corrected chi connectivity index (χ2v) is 10.7. The Hall–Kier alpha value is -1.04. The van der Waals surface area contributed by atoms with Gasteiger partial charge in [-0.1, -0.05) is 13.8 Å². The van der Waals surface area contributed by atoms with E-state index in [1.807, 2.05) is 6.07 Å². The molecule has 5 rings (SSSR count). The second kappa shape index (κ2) is 5.99. The molecule has 4 aliphatic carbocycles. The van der Waals surface area contributed by atoms with Crippen LogP contribution in [0.3, 0.4) is 0 Å². The molecule has 0 bridgehead atoms. The van der Waals surface area contributed by atoms with Crippen LogP contribution in [-0.4, -0.2) is 37.2 Å². The van der Waals surface area contributed by atoms with E-state index in [2.05, 4.69) is 24.0 Å². The first-order valence-electron chi connectivity index (χ1n) is 11.1. The highest BCUT2D eigenvalue weighted by atomic mass is 16.3.